The van der Waals surface area contributed by atoms with Crippen LogP contribution < -0.4 is 5.09 Å². The van der Waals surface area contributed by atoms with E-state index in [0.29, 0.717) is 6.04 Å². The van der Waals surface area contributed by atoms with Crippen molar-refractivity contribution in [2.24, 2.45) is 5.92 Å². The summed E-state index contributed by atoms with van der Waals surface area (Å²) >= 11 is 0. The molecule has 0 amide bonds. The maximum atomic E-state index is 10.5. The quantitative estimate of drug-likeness (QED) is 0.616. The Morgan fingerprint density at radius 2 is 1.91 bits per heavy atom. The van der Waals surface area contributed by atoms with Gasteiger partial charge in [-0.25, -0.2) is 0 Å². The second-order valence-corrected chi connectivity index (χ2v) is 3.39. The highest BCUT2D eigenvalue weighted by Gasteiger charge is 2.24. The van der Waals surface area contributed by atoms with Crippen molar-refractivity contribution in [3.8, 4) is 0 Å². The lowest BCUT2D eigenvalue weighted by molar-refractivity contribution is -0.142. The highest BCUT2D eigenvalue weighted by atomic mass is 31.0. The van der Waals surface area contributed by atoms with Crippen molar-refractivity contribution in [2.45, 2.75) is 31.7 Å². The molecule has 1 saturated carbocycles. The molecule has 2 N–H and O–H groups in total. The molecule has 1 aliphatic rings. The molecule has 1 atom stereocenters. The molecule has 0 heterocycles. The SMILES string of the molecule is O=C(O)C1CCC(NP)CC1. The zero-order valence-electron chi connectivity index (χ0n) is 6.42. The minimum atomic E-state index is -0.632. The molecule has 0 spiro atoms. The van der Waals surface area contributed by atoms with Gasteiger partial charge in [-0.05, 0) is 25.7 Å². The van der Waals surface area contributed by atoms with E-state index in [9.17, 15) is 4.79 Å². The average molecular weight is 175 g/mol. The summed E-state index contributed by atoms with van der Waals surface area (Å²) in [7, 11) is 2.48. The van der Waals surface area contributed by atoms with E-state index in [0.717, 1.165) is 25.7 Å². The van der Waals surface area contributed by atoms with Crippen LogP contribution in [-0.4, -0.2) is 17.1 Å². The van der Waals surface area contributed by atoms with Gasteiger partial charge in [-0.3, -0.25) is 9.88 Å². The average Bonchev–Trinajstić information content (AvgIpc) is 2.05. The van der Waals surface area contributed by atoms with Crippen molar-refractivity contribution in [2.75, 3.05) is 0 Å². The minimum absolute atomic E-state index is 0.0930. The van der Waals surface area contributed by atoms with Gasteiger partial charge in [0.1, 0.15) is 0 Å². The van der Waals surface area contributed by atoms with Gasteiger partial charge in [0.25, 0.3) is 0 Å². The lowest BCUT2D eigenvalue weighted by Crippen LogP contribution is -2.29. The Balaban J connectivity index is 2.30. The van der Waals surface area contributed by atoms with Gasteiger partial charge >= 0.3 is 5.97 Å². The van der Waals surface area contributed by atoms with Crippen LogP contribution in [0, 0.1) is 5.92 Å². The third-order valence-electron chi connectivity index (χ3n) is 2.31. The molecule has 64 valence electrons. The molecule has 4 heteroatoms. The molecule has 11 heavy (non-hydrogen) atoms. The number of hydrogen-bond acceptors (Lipinski definition) is 2. The number of carboxylic acids is 1. The van der Waals surface area contributed by atoms with Gasteiger partial charge in [-0.15, -0.1) is 0 Å². The number of rotatable bonds is 2. The van der Waals surface area contributed by atoms with Gasteiger partial charge in [0.2, 0.25) is 0 Å². The summed E-state index contributed by atoms with van der Waals surface area (Å²) in [6.07, 6.45) is 3.61. The van der Waals surface area contributed by atoms with Crippen LogP contribution in [0.15, 0.2) is 0 Å². The minimum Gasteiger partial charge on any atom is -0.481 e. The summed E-state index contributed by atoms with van der Waals surface area (Å²) in [4.78, 5) is 10.5. The number of hydrogen-bond donors (Lipinski definition) is 2. The van der Waals surface area contributed by atoms with Crippen molar-refractivity contribution in [3.05, 3.63) is 0 Å². The summed E-state index contributed by atoms with van der Waals surface area (Å²) in [5.74, 6) is -0.725. The zero-order chi connectivity index (χ0) is 8.27. The van der Waals surface area contributed by atoms with Crippen LogP contribution in [0.3, 0.4) is 0 Å². The van der Waals surface area contributed by atoms with Crippen LogP contribution in [-0.2, 0) is 4.79 Å². The molecule has 0 radical (unpaired) electrons. The molecular formula is C7H14NO2P. The van der Waals surface area contributed by atoms with Crippen LogP contribution in [0.2, 0.25) is 0 Å². The third-order valence-corrected chi connectivity index (χ3v) is 2.78. The summed E-state index contributed by atoms with van der Waals surface area (Å²) < 4.78 is 0. The molecular weight excluding hydrogens is 161 g/mol. The first-order chi connectivity index (χ1) is 5.24. The van der Waals surface area contributed by atoms with Crippen LogP contribution in [0.25, 0.3) is 0 Å². The van der Waals surface area contributed by atoms with Gasteiger partial charge in [0.05, 0.1) is 5.92 Å². The molecule has 1 rings (SSSR count). The Kier molecular flexibility index (Phi) is 3.28. The third kappa shape index (κ3) is 2.42. The molecule has 0 bridgehead atoms. The van der Waals surface area contributed by atoms with Crippen LogP contribution in [0.1, 0.15) is 25.7 Å². The van der Waals surface area contributed by atoms with E-state index in [4.69, 9.17) is 5.11 Å². The van der Waals surface area contributed by atoms with Gasteiger partial charge in [0, 0.05) is 6.04 Å². The van der Waals surface area contributed by atoms with Gasteiger partial charge in [-0.1, -0.05) is 9.39 Å². The van der Waals surface area contributed by atoms with E-state index in [-0.39, 0.29) is 5.92 Å². The molecule has 0 aromatic carbocycles. The van der Waals surface area contributed by atoms with Crippen LogP contribution in [0.5, 0.6) is 0 Å². The lowest BCUT2D eigenvalue weighted by Gasteiger charge is -2.25. The van der Waals surface area contributed by atoms with E-state index in [1.54, 1.807) is 0 Å². The highest BCUT2D eigenvalue weighted by Crippen LogP contribution is 2.24. The fourth-order valence-corrected chi connectivity index (χ4v) is 1.84. The lowest BCUT2D eigenvalue weighted by atomic mass is 9.87. The van der Waals surface area contributed by atoms with Crippen molar-refractivity contribution >= 4 is 15.4 Å². The van der Waals surface area contributed by atoms with E-state index in [1.807, 2.05) is 0 Å². The fourth-order valence-electron chi connectivity index (χ4n) is 1.51. The Bertz CT molecular complexity index is 143. The van der Waals surface area contributed by atoms with Crippen molar-refractivity contribution in [3.63, 3.8) is 0 Å². The van der Waals surface area contributed by atoms with Crippen LogP contribution >= 0.6 is 9.39 Å². The topological polar surface area (TPSA) is 49.3 Å². The Morgan fingerprint density at radius 1 is 1.36 bits per heavy atom. The zero-order valence-corrected chi connectivity index (χ0v) is 7.57. The molecule has 0 saturated heterocycles. The van der Waals surface area contributed by atoms with E-state index in [1.165, 1.54) is 0 Å². The van der Waals surface area contributed by atoms with Gasteiger partial charge in [0.15, 0.2) is 0 Å². The first kappa shape index (κ1) is 8.95. The Morgan fingerprint density at radius 3 is 2.27 bits per heavy atom. The molecule has 0 aromatic rings. The maximum absolute atomic E-state index is 10.5. The smallest absolute Gasteiger partial charge is 0.306 e. The maximum Gasteiger partial charge on any atom is 0.306 e. The highest BCUT2D eigenvalue weighted by molar-refractivity contribution is 7.13. The fraction of sp³-hybridized carbons (Fsp3) is 0.857. The van der Waals surface area contributed by atoms with Gasteiger partial charge in [-0.2, -0.15) is 0 Å². The number of aliphatic carboxylic acids is 1. The molecule has 1 aliphatic carbocycles. The predicted molar refractivity (Wildman–Crippen MR) is 46.2 cm³/mol. The van der Waals surface area contributed by atoms with Gasteiger partial charge < -0.3 is 5.11 Å². The van der Waals surface area contributed by atoms with E-state index in [2.05, 4.69) is 14.5 Å². The number of carboxylic acid groups (broad SMARTS) is 1. The molecule has 1 fully saturated rings. The monoisotopic (exact) mass is 175 g/mol. The summed E-state index contributed by atoms with van der Waals surface area (Å²) in [5.41, 5.74) is 0. The number of carbonyl (C=O) groups is 1. The Labute approximate surface area is 68.8 Å². The first-order valence-electron chi connectivity index (χ1n) is 3.93. The second kappa shape index (κ2) is 4.03. The van der Waals surface area contributed by atoms with Crippen molar-refractivity contribution in [1.82, 2.24) is 5.09 Å². The standard InChI is InChI=1S/C7H14NO2P/c9-7(10)5-1-3-6(8-11)4-2-5/h5-6,8H,1-4,11H2,(H,9,10). The predicted octanol–water partition coefficient (Wildman–Crippen LogP) is 1.01. The van der Waals surface area contributed by atoms with Crippen molar-refractivity contribution < 1.29 is 9.90 Å². The molecule has 1 unspecified atom stereocenters. The normalized spacial score (nSPS) is 31.7. The van der Waals surface area contributed by atoms with Crippen LogP contribution in [0.4, 0.5) is 0 Å². The summed E-state index contributed by atoms with van der Waals surface area (Å²) in [6, 6.07) is 0.510. The van der Waals surface area contributed by atoms with Crippen molar-refractivity contribution in [1.29, 1.82) is 0 Å². The molecule has 0 aliphatic heterocycles. The first-order valence-corrected chi connectivity index (χ1v) is 4.50. The number of nitrogens with one attached hydrogen (secondary N) is 1. The summed E-state index contributed by atoms with van der Waals surface area (Å²) in [6.45, 7) is 0. The largest absolute Gasteiger partial charge is 0.481 e. The molecule has 3 nitrogen and oxygen atoms in total. The summed E-state index contributed by atoms with van der Waals surface area (Å²) in [5, 5.41) is 11.8. The van der Waals surface area contributed by atoms with E-state index < -0.39 is 5.97 Å². The molecule has 0 aromatic heterocycles. The van der Waals surface area contributed by atoms with E-state index >= 15 is 0 Å². The second-order valence-electron chi connectivity index (χ2n) is 3.05. The Hall–Kier alpha value is -0.140.